The molecule has 5 atom stereocenters. The molecule has 1 aliphatic carbocycles. The van der Waals surface area contributed by atoms with Crippen LogP contribution in [-0.2, 0) is 20.8 Å². The van der Waals surface area contributed by atoms with Crippen LogP contribution in [0.15, 0.2) is 30.3 Å². The lowest BCUT2D eigenvalue weighted by molar-refractivity contribution is -0.144. The number of likely N-dealkylation sites (N-methyl/N-ethyl adjacent to an activating group) is 2. The first-order chi connectivity index (χ1) is 22.2. The third kappa shape index (κ3) is 14.8. The summed E-state index contributed by atoms with van der Waals surface area (Å²) in [6.07, 6.45) is 9.00. The molecule has 12 heteroatoms. The third-order valence-corrected chi connectivity index (χ3v) is 8.54. The Bertz CT molecular complexity index is 1210. The lowest BCUT2D eigenvalue weighted by Gasteiger charge is -2.33. The second kappa shape index (κ2) is 19.9. The molecular formula is C35H49F3N4O5. The SMILES string of the molecule is C#CC[C@H](NC(=O)[C@@H](CC(=O)N(C)CCN(C)CC(F)(F)F)Cc1ccccc1)C(=O)NC(CC1CCCCC1)[C@@H](O)[C@@H](O)CC#C. The van der Waals surface area contributed by atoms with Crippen molar-refractivity contribution in [3.8, 4) is 24.7 Å². The average Bonchev–Trinajstić information content (AvgIpc) is 3.02. The Kier molecular flexibility index (Phi) is 16.8. The lowest BCUT2D eigenvalue weighted by atomic mass is 9.82. The van der Waals surface area contributed by atoms with E-state index in [1.54, 1.807) is 30.3 Å². The van der Waals surface area contributed by atoms with Crippen LogP contribution in [0.2, 0.25) is 0 Å². The van der Waals surface area contributed by atoms with Gasteiger partial charge in [0.2, 0.25) is 17.7 Å². The average molecular weight is 663 g/mol. The van der Waals surface area contributed by atoms with Crippen molar-refractivity contribution in [2.24, 2.45) is 11.8 Å². The minimum absolute atomic E-state index is 0.0173. The maximum absolute atomic E-state index is 13.7. The fourth-order valence-corrected chi connectivity index (χ4v) is 5.83. The number of amides is 3. The van der Waals surface area contributed by atoms with Crippen molar-refractivity contribution in [2.45, 2.75) is 94.7 Å². The van der Waals surface area contributed by atoms with Gasteiger partial charge in [0.25, 0.3) is 0 Å². The quantitative estimate of drug-likeness (QED) is 0.180. The predicted octanol–water partition coefficient (Wildman–Crippen LogP) is 2.90. The van der Waals surface area contributed by atoms with Gasteiger partial charge in [-0.25, -0.2) is 0 Å². The summed E-state index contributed by atoms with van der Waals surface area (Å²) < 4.78 is 38.1. The number of alkyl halides is 3. The van der Waals surface area contributed by atoms with Crippen molar-refractivity contribution in [3.63, 3.8) is 0 Å². The van der Waals surface area contributed by atoms with Crippen LogP contribution in [0.3, 0.4) is 0 Å². The molecule has 1 aromatic carbocycles. The highest BCUT2D eigenvalue weighted by atomic mass is 19.4. The number of hydrogen-bond donors (Lipinski definition) is 4. The molecule has 0 aliphatic heterocycles. The van der Waals surface area contributed by atoms with Crippen molar-refractivity contribution in [1.82, 2.24) is 20.4 Å². The second-order valence-corrected chi connectivity index (χ2v) is 12.5. The molecule has 0 bridgehead atoms. The fraction of sp³-hybridized carbons (Fsp3) is 0.629. The van der Waals surface area contributed by atoms with Crippen LogP contribution in [0.25, 0.3) is 0 Å². The van der Waals surface area contributed by atoms with Crippen LogP contribution in [0.4, 0.5) is 13.2 Å². The molecule has 1 saturated carbocycles. The van der Waals surface area contributed by atoms with E-state index in [1.807, 2.05) is 0 Å². The summed E-state index contributed by atoms with van der Waals surface area (Å²) in [4.78, 5) is 42.7. The summed E-state index contributed by atoms with van der Waals surface area (Å²) in [5.74, 6) is 2.34. The Morgan fingerprint density at radius 1 is 0.957 bits per heavy atom. The first-order valence-electron chi connectivity index (χ1n) is 16.1. The number of nitrogens with zero attached hydrogens (tertiary/aromatic N) is 2. The second-order valence-electron chi connectivity index (χ2n) is 12.5. The molecule has 0 aromatic heterocycles. The topological polar surface area (TPSA) is 122 Å². The number of nitrogens with one attached hydrogen (secondary N) is 2. The number of benzene rings is 1. The Morgan fingerprint density at radius 2 is 1.60 bits per heavy atom. The van der Waals surface area contributed by atoms with Crippen LogP contribution < -0.4 is 10.6 Å². The number of aliphatic hydroxyl groups is 2. The van der Waals surface area contributed by atoms with E-state index in [2.05, 4.69) is 22.5 Å². The summed E-state index contributed by atoms with van der Waals surface area (Å²) >= 11 is 0. The van der Waals surface area contributed by atoms with Crippen molar-refractivity contribution in [2.75, 3.05) is 33.7 Å². The zero-order chi connectivity index (χ0) is 35.0. The molecule has 1 aromatic rings. The summed E-state index contributed by atoms with van der Waals surface area (Å²) in [7, 11) is 2.77. The Balaban J connectivity index is 2.19. The van der Waals surface area contributed by atoms with Gasteiger partial charge in [0.15, 0.2) is 0 Å². The van der Waals surface area contributed by atoms with E-state index in [9.17, 15) is 37.8 Å². The summed E-state index contributed by atoms with van der Waals surface area (Å²) in [6.45, 7) is -1.12. The zero-order valence-corrected chi connectivity index (χ0v) is 27.3. The van der Waals surface area contributed by atoms with Gasteiger partial charge in [-0.1, -0.05) is 62.4 Å². The van der Waals surface area contributed by atoms with Crippen LogP contribution in [-0.4, -0.2) is 102 Å². The standard InChI is InChI=1S/C35H49F3N4O5/c1-5-13-28(34(47)40-29(32(45)30(43)14-6-2)22-26-17-11-8-12-18-26)39-33(46)27(21-25-15-9-7-10-16-25)23-31(44)42(4)20-19-41(3)24-35(36,37)38/h1-2,7,9-10,15-16,26-30,32,43,45H,8,11-14,17-24H2,3-4H3,(H,39,46)(H,40,47)/t27-,28+,29?,30+,32-/m1/s1. The van der Waals surface area contributed by atoms with Gasteiger partial charge in [0.1, 0.15) is 12.1 Å². The molecule has 260 valence electrons. The first-order valence-corrected chi connectivity index (χ1v) is 16.1. The highest BCUT2D eigenvalue weighted by molar-refractivity contribution is 5.91. The molecule has 0 radical (unpaired) electrons. The number of halogens is 3. The Labute approximate surface area is 276 Å². The highest BCUT2D eigenvalue weighted by Gasteiger charge is 2.34. The molecule has 0 heterocycles. The molecule has 47 heavy (non-hydrogen) atoms. The van der Waals surface area contributed by atoms with Crippen molar-refractivity contribution in [1.29, 1.82) is 0 Å². The van der Waals surface area contributed by atoms with Gasteiger partial charge in [0.05, 0.1) is 24.6 Å². The van der Waals surface area contributed by atoms with Gasteiger partial charge < -0.3 is 25.7 Å². The largest absolute Gasteiger partial charge is 0.401 e. The molecule has 4 N–H and O–H groups in total. The van der Waals surface area contributed by atoms with E-state index >= 15 is 0 Å². The van der Waals surface area contributed by atoms with E-state index in [0.717, 1.165) is 42.6 Å². The number of aliphatic hydroxyl groups excluding tert-OH is 2. The van der Waals surface area contributed by atoms with Crippen LogP contribution in [0.5, 0.6) is 0 Å². The Morgan fingerprint density at radius 3 is 2.19 bits per heavy atom. The molecule has 0 spiro atoms. The lowest BCUT2D eigenvalue weighted by Crippen LogP contribution is -2.55. The van der Waals surface area contributed by atoms with Crippen molar-refractivity contribution in [3.05, 3.63) is 35.9 Å². The maximum atomic E-state index is 13.7. The van der Waals surface area contributed by atoms with Gasteiger partial charge in [-0.15, -0.1) is 24.7 Å². The molecule has 0 saturated heterocycles. The van der Waals surface area contributed by atoms with Crippen molar-refractivity contribution >= 4 is 17.7 Å². The first kappa shape index (κ1) is 39.6. The molecule has 9 nitrogen and oxygen atoms in total. The summed E-state index contributed by atoms with van der Waals surface area (Å²) in [5, 5.41) is 26.9. The van der Waals surface area contributed by atoms with E-state index in [-0.39, 0.29) is 44.7 Å². The molecule has 3 amide bonds. The van der Waals surface area contributed by atoms with Gasteiger partial charge in [-0.2, -0.15) is 13.2 Å². The molecular weight excluding hydrogens is 613 g/mol. The van der Waals surface area contributed by atoms with E-state index < -0.39 is 60.7 Å². The normalized spacial score (nSPS) is 17.0. The van der Waals surface area contributed by atoms with E-state index in [1.165, 1.54) is 19.0 Å². The van der Waals surface area contributed by atoms with E-state index in [4.69, 9.17) is 12.8 Å². The van der Waals surface area contributed by atoms with Crippen LogP contribution in [0, 0.1) is 36.5 Å². The van der Waals surface area contributed by atoms with Crippen molar-refractivity contribution < 1.29 is 37.8 Å². The minimum atomic E-state index is -4.37. The van der Waals surface area contributed by atoms with Crippen LogP contribution in [0.1, 0.15) is 63.4 Å². The number of carbonyl (C=O) groups is 3. The number of hydrogen-bond acceptors (Lipinski definition) is 6. The monoisotopic (exact) mass is 662 g/mol. The zero-order valence-electron chi connectivity index (χ0n) is 27.3. The number of terminal acetylenes is 2. The van der Waals surface area contributed by atoms with Gasteiger partial charge in [-0.05, 0) is 31.4 Å². The van der Waals surface area contributed by atoms with Crippen LogP contribution >= 0.6 is 0 Å². The molecule has 1 fully saturated rings. The van der Waals surface area contributed by atoms with Gasteiger partial charge >= 0.3 is 6.18 Å². The third-order valence-electron chi connectivity index (χ3n) is 8.54. The summed E-state index contributed by atoms with van der Waals surface area (Å²) in [6, 6.07) is 6.94. The predicted molar refractivity (Wildman–Crippen MR) is 173 cm³/mol. The molecule has 1 aliphatic rings. The minimum Gasteiger partial charge on any atom is -0.389 e. The summed E-state index contributed by atoms with van der Waals surface area (Å²) in [5.41, 5.74) is 0.768. The smallest absolute Gasteiger partial charge is 0.389 e. The molecule has 1 unspecified atom stereocenters. The maximum Gasteiger partial charge on any atom is 0.401 e. The molecule has 2 rings (SSSR count). The van der Waals surface area contributed by atoms with E-state index in [0.29, 0.717) is 6.42 Å². The number of rotatable bonds is 18. The Hall–Kier alpha value is -3.58. The van der Waals surface area contributed by atoms with Gasteiger partial charge in [-0.3, -0.25) is 19.3 Å². The van der Waals surface area contributed by atoms with Gasteiger partial charge in [0, 0.05) is 39.4 Å². The highest BCUT2D eigenvalue weighted by Crippen LogP contribution is 2.29. The fourth-order valence-electron chi connectivity index (χ4n) is 5.83. The number of carbonyl (C=O) groups excluding carboxylic acids is 3.